The van der Waals surface area contributed by atoms with Gasteiger partial charge in [-0.2, -0.15) is 0 Å². The highest BCUT2D eigenvalue weighted by atomic mass is 35.5. The van der Waals surface area contributed by atoms with Crippen LogP contribution in [0.25, 0.3) is 0 Å². The molecule has 2 nitrogen and oxygen atoms in total. The molecule has 0 aromatic carbocycles. The molecule has 0 radical (unpaired) electrons. The average Bonchev–Trinajstić information content (AvgIpc) is 1.90. The molecule has 0 aliphatic carbocycles. The summed E-state index contributed by atoms with van der Waals surface area (Å²) in [6, 6.07) is 0. The zero-order valence-corrected chi connectivity index (χ0v) is 8.79. The molecule has 4 heteroatoms. The maximum Gasteiger partial charge on any atom is 0.200 e. The standard InChI is InChI=1S/C7H14Cl2O2/c1-6(2,9)7(5-8,10-3)11-4/h5H2,1-4H3. The summed E-state index contributed by atoms with van der Waals surface area (Å²) in [5.74, 6) is -0.702. The van der Waals surface area contributed by atoms with E-state index in [4.69, 9.17) is 32.7 Å². The first-order valence-corrected chi connectivity index (χ1v) is 4.20. The minimum atomic E-state index is -0.907. The van der Waals surface area contributed by atoms with Gasteiger partial charge in [0, 0.05) is 14.2 Å². The lowest BCUT2D eigenvalue weighted by Gasteiger charge is -2.38. The topological polar surface area (TPSA) is 18.5 Å². The highest BCUT2D eigenvalue weighted by Crippen LogP contribution is 2.33. The van der Waals surface area contributed by atoms with Crippen LogP contribution in [0.4, 0.5) is 0 Å². The molecule has 0 saturated carbocycles. The molecule has 68 valence electrons. The van der Waals surface area contributed by atoms with Gasteiger partial charge < -0.3 is 9.47 Å². The first-order chi connectivity index (χ1) is 4.93. The largest absolute Gasteiger partial charge is 0.351 e. The van der Waals surface area contributed by atoms with Gasteiger partial charge in [-0.25, -0.2) is 0 Å². The SMILES string of the molecule is COC(CCl)(OC)C(C)(C)Cl. The van der Waals surface area contributed by atoms with Gasteiger partial charge in [-0.05, 0) is 13.8 Å². The second-order valence-electron chi connectivity index (χ2n) is 2.77. The van der Waals surface area contributed by atoms with Crippen molar-refractivity contribution in [2.24, 2.45) is 0 Å². The summed E-state index contributed by atoms with van der Waals surface area (Å²) in [7, 11) is 3.05. The Balaban J connectivity index is 4.54. The summed E-state index contributed by atoms with van der Waals surface area (Å²) in [4.78, 5) is -0.641. The van der Waals surface area contributed by atoms with E-state index >= 15 is 0 Å². The van der Waals surface area contributed by atoms with E-state index in [0.717, 1.165) is 0 Å². The minimum Gasteiger partial charge on any atom is -0.351 e. The maximum absolute atomic E-state index is 6.02. The monoisotopic (exact) mass is 200 g/mol. The quantitative estimate of drug-likeness (QED) is 0.513. The highest BCUT2D eigenvalue weighted by molar-refractivity contribution is 6.25. The van der Waals surface area contributed by atoms with Crippen LogP contribution >= 0.6 is 23.2 Å². The second-order valence-corrected chi connectivity index (χ2v) is 3.98. The number of rotatable bonds is 4. The third-order valence-corrected chi connectivity index (χ3v) is 2.38. The van der Waals surface area contributed by atoms with Crippen LogP contribution in [0.15, 0.2) is 0 Å². The van der Waals surface area contributed by atoms with Crippen LogP contribution in [0.2, 0.25) is 0 Å². The Morgan fingerprint density at radius 1 is 1.18 bits per heavy atom. The third kappa shape index (κ3) is 2.22. The van der Waals surface area contributed by atoms with E-state index in [0.29, 0.717) is 0 Å². The molecule has 0 aliphatic rings. The molecule has 0 N–H and O–H groups in total. The number of hydrogen-bond donors (Lipinski definition) is 0. The first kappa shape index (κ1) is 11.5. The molecule has 0 spiro atoms. The summed E-state index contributed by atoms with van der Waals surface area (Å²) < 4.78 is 10.2. The number of hydrogen-bond acceptors (Lipinski definition) is 2. The van der Waals surface area contributed by atoms with Crippen LogP contribution in [-0.4, -0.2) is 30.8 Å². The lowest BCUT2D eigenvalue weighted by atomic mass is 10.0. The fourth-order valence-corrected chi connectivity index (χ4v) is 1.68. The van der Waals surface area contributed by atoms with E-state index in [1.54, 1.807) is 13.8 Å². The molecule has 0 aromatic rings. The molecule has 0 bridgehead atoms. The van der Waals surface area contributed by atoms with Crippen molar-refractivity contribution in [2.45, 2.75) is 24.5 Å². The summed E-state index contributed by atoms with van der Waals surface area (Å²) in [5.41, 5.74) is 0. The van der Waals surface area contributed by atoms with Crippen molar-refractivity contribution < 1.29 is 9.47 Å². The van der Waals surface area contributed by atoms with E-state index in [1.165, 1.54) is 14.2 Å². The molecule has 0 saturated heterocycles. The van der Waals surface area contributed by atoms with Crippen LogP contribution in [0.5, 0.6) is 0 Å². The van der Waals surface area contributed by atoms with Crippen molar-refractivity contribution in [1.29, 1.82) is 0 Å². The van der Waals surface area contributed by atoms with Gasteiger partial charge in [0.15, 0.2) is 5.79 Å². The Morgan fingerprint density at radius 3 is 1.55 bits per heavy atom. The van der Waals surface area contributed by atoms with E-state index in [-0.39, 0.29) is 5.88 Å². The van der Waals surface area contributed by atoms with Gasteiger partial charge in [-0.3, -0.25) is 0 Å². The molecule has 0 heterocycles. The van der Waals surface area contributed by atoms with Crippen molar-refractivity contribution in [3.05, 3.63) is 0 Å². The predicted molar refractivity (Wildman–Crippen MR) is 47.4 cm³/mol. The smallest absolute Gasteiger partial charge is 0.200 e. The average molecular weight is 201 g/mol. The van der Waals surface area contributed by atoms with Crippen molar-refractivity contribution >= 4 is 23.2 Å². The number of methoxy groups -OCH3 is 2. The molecule has 0 atom stereocenters. The first-order valence-electron chi connectivity index (χ1n) is 3.28. The molecule has 11 heavy (non-hydrogen) atoms. The Hall–Kier alpha value is 0.500. The number of ether oxygens (including phenoxy) is 2. The van der Waals surface area contributed by atoms with E-state index in [2.05, 4.69) is 0 Å². The van der Waals surface area contributed by atoms with Crippen LogP contribution in [-0.2, 0) is 9.47 Å². The van der Waals surface area contributed by atoms with Crippen molar-refractivity contribution in [1.82, 2.24) is 0 Å². The highest BCUT2D eigenvalue weighted by Gasteiger charge is 2.44. The predicted octanol–water partition coefficient (Wildman–Crippen LogP) is 2.23. The van der Waals surface area contributed by atoms with Crippen LogP contribution < -0.4 is 0 Å². The Kier molecular flexibility index (Phi) is 4.12. The fraction of sp³-hybridized carbons (Fsp3) is 1.00. The van der Waals surface area contributed by atoms with Gasteiger partial charge in [0.05, 0.1) is 10.8 Å². The zero-order chi connectivity index (χ0) is 9.12. The molecule has 0 fully saturated rings. The van der Waals surface area contributed by atoms with Crippen LogP contribution in [0.3, 0.4) is 0 Å². The lowest BCUT2D eigenvalue weighted by Crippen LogP contribution is -2.51. The van der Waals surface area contributed by atoms with Crippen molar-refractivity contribution in [3.8, 4) is 0 Å². The normalized spacial score (nSPS) is 13.6. The fourth-order valence-electron chi connectivity index (χ4n) is 0.837. The van der Waals surface area contributed by atoms with Gasteiger partial charge in [0.1, 0.15) is 0 Å². The maximum atomic E-state index is 6.02. The summed E-state index contributed by atoms with van der Waals surface area (Å²) in [6.45, 7) is 3.59. The van der Waals surface area contributed by atoms with E-state index in [9.17, 15) is 0 Å². The van der Waals surface area contributed by atoms with Crippen molar-refractivity contribution in [3.63, 3.8) is 0 Å². The summed E-state index contributed by atoms with van der Waals surface area (Å²) in [6.07, 6.45) is 0. The van der Waals surface area contributed by atoms with Crippen LogP contribution in [0.1, 0.15) is 13.8 Å². The van der Waals surface area contributed by atoms with Gasteiger partial charge in [0.2, 0.25) is 0 Å². The molecular formula is C7H14Cl2O2. The number of alkyl halides is 2. The van der Waals surface area contributed by atoms with Gasteiger partial charge in [-0.1, -0.05) is 0 Å². The van der Waals surface area contributed by atoms with Gasteiger partial charge in [-0.15, -0.1) is 23.2 Å². The molecule has 0 aliphatic heterocycles. The summed E-state index contributed by atoms with van der Waals surface area (Å²) >= 11 is 11.7. The van der Waals surface area contributed by atoms with Crippen LogP contribution in [0, 0.1) is 0 Å². The third-order valence-electron chi connectivity index (χ3n) is 1.74. The van der Waals surface area contributed by atoms with Gasteiger partial charge in [0.25, 0.3) is 0 Å². The van der Waals surface area contributed by atoms with E-state index < -0.39 is 10.7 Å². The lowest BCUT2D eigenvalue weighted by molar-refractivity contribution is -0.208. The Bertz CT molecular complexity index is 108. The van der Waals surface area contributed by atoms with Gasteiger partial charge >= 0.3 is 0 Å². The van der Waals surface area contributed by atoms with E-state index in [1.807, 2.05) is 0 Å². The molecular weight excluding hydrogens is 187 g/mol. The molecule has 0 rings (SSSR count). The van der Waals surface area contributed by atoms with Crippen molar-refractivity contribution in [2.75, 3.05) is 20.1 Å². The Morgan fingerprint density at radius 2 is 1.55 bits per heavy atom. The molecule has 0 unspecified atom stereocenters. The Labute approximate surface area is 77.8 Å². The number of halogens is 2. The summed E-state index contributed by atoms with van der Waals surface area (Å²) in [5, 5.41) is 0. The molecule has 0 amide bonds. The minimum absolute atomic E-state index is 0.205. The zero-order valence-electron chi connectivity index (χ0n) is 7.28. The molecule has 0 aromatic heterocycles. The second kappa shape index (κ2) is 3.94.